The van der Waals surface area contributed by atoms with E-state index in [0.717, 1.165) is 42.9 Å². The number of alkyl halides is 3. The van der Waals surface area contributed by atoms with E-state index in [0.29, 0.717) is 28.0 Å². The quantitative estimate of drug-likeness (QED) is 0.366. The molecule has 14 heteroatoms. The number of carbonyl (C=O) groups excluding carboxylic acids is 1. The van der Waals surface area contributed by atoms with Crippen LogP contribution in [0.2, 0.25) is 0 Å². The number of carboxylic acids is 1. The van der Waals surface area contributed by atoms with Gasteiger partial charge >= 0.3 is 12.1 Å². The molecule has 0 radical (unpaired) electrons. The van der Waals surface area contributed by atoms with Gasteiger partial charge in [0.2, 0.25) is 0 Å². The fraction of sp³-hybridized carbons (Fsp3) is 0.250. The van der Waals surface area contributed by atoms with Crippen molar-refractivity contribution in [3.8, 4) is 6.07 Å². The number of halogens is 3. The Balaban J connectivity index is 0.000000426. The predicted octanol–water partition coefficient (Wildman–Crippen LogP) is 2.75. The first-order chi connectivity index (χ1) is 18.1. The zero-order valence-corrected chi connectivity index (χ0v) is 20.0. The van der Waals surface area contributed by atoms with Gasteiger partial charge in [-0.1, -0.05) is 0 Å². The molecule has 1 aromatic carbocycles. The number of carbonyl (C=O) groups is 2. The number of imidazole rings is 1. The van der Waals surface area contributed by atoms with Crippen molar-refractivity contribution in [1.82, 2.24) is 24.9 Å². The van der Waals surface area contributed by atoms with Gasteiger partial charge in [0.15, 0.2) is 5.65 Å². The number of fused-ring (bicyclic) bond motifs is 2. The number of nitrogens with one attached hydrogen (secondary N) is 2. The maximum Gasteiger partial charge on any atom is 0.490 e. The second kappa shape index (κ2) is 10.7. The van der Waals surface area contributed by atoms with Crippen LogP contribution in [0.3, 0.4) is 0 Å². The minimum Gasteiger partial charge on any atom is -0.475 e. The standard InChI is InChI=1S/C22H20N8O.C2HF3O2/c1-14-12-30-13-16(10-15(11-23)21(30)26-14)27-22(31)18-2-3-19(29-8-6-24-7-9-29)17-4-5-25-28-20(17)18;3-2(4,5)1(6)7/h2-5,10,12-13,24H,6-9H2,1H3,(H,27,31);(H,6,7). The van der Waals surface area contributed by atoms with Crippen LogP contribution in [0.15, 0.2) is 42.9 Å². The number of pyridine rings is 1. The maximum atomic E-state index is 13.1. The Labute approximate surface area is 213 Å². The fourth-order valence-electron chi connectivity index (χ4n) is 4.00. The summed E-state index contributed by atoms with van der Waals surface area (Å²) in [5.41, 5.74) is 4.29. The minimum absolute atomic E-state index is 0.308. The largest absolute Gasteiger partial charge is 0.490 e. The number of anilines is 2. The van der Waals surface area contributed by atoms with Crippen molar-refractivity contribution in [2.75, 3.05) is 36.4 Å². The molecule has 0 atom stereocenters. The van der Waals surface area contributed by atoms with E-state index >= 15 is 0 Å². The molecule has 196 valence electrons. The molecule has 4 heterocycles. The summed E-state index contributed by atoms with van der Waals surface area (Å²) < 4.78 is 33.5. The van der Waals surface area contributed by atoms with Crippen molar-refractivity contribution in [2.45, 2.75) is 13.1 Å². The number of amides is 1. The summed E-state index contributed by atoms with van der Waals surface area (Å²) in [5.74, 6) is -3.06. The second-order valence-corrected chi connectivity index (χ2v) is 8.29. The lowest BCUT2D eigenvalue weighted by Gasteiger charge is -2.30. The van der Waals surface area contributed by atoms with E-state index in [1.54, 1.807) is 28.9 Å². The SMILES string of the molecule is Cc1cn2cc(NC(=O)c3ccc(N4CCNCC4)c4ccnnc34)cc(C#N)c2n1.O=C(O)C(F)(F)F. The van der Waals surface area contributed by atoms with Crippen LogP contribution in [0.4, 0.5) is 24.5 Å². The number of aryl methyl sites for hydroxylation is 1. The Morgan fingerprint density at radius 3 is 2.55 bits per heavy atom. The summed E-state index contributed by atoms with van der Waals surface area (Å²) in [6.45, 7) is 5.48. The highest BCUT2D eigenvalue weighted by molar-refractivity contribution is 6.13. The average Bonchev–Trinajstić information content (AvgIpc) is 3.27. The van der Waals surface area contributed by atoms with Crippen LogP contribution in [0, 0.1) is 18.3 Å². The number of aromatic nitrogens is 4. The van der Waals surface area contributed by atoms with Gasteiger partial charge in [0, 0.05) is 49.6 Å². The third kappa shape index (κ3) is 5.62. The number of carboxylic acid groups (broad SMARTS) is 1. The van der Waals surface area contributed by atoms with Gasteiger partial charge in [-0.25, -0.2) is 9.78 Å². The first-order valence-electron chi connectivity index (χ1n) is 11.3. The van der Waals surface area contributed by atoms with Gasteiger partial charge in [-0.3, -0.25) is 4.79 Å². The first kappa shape index (κ1) is 26.3. The van der Waals surface area contributed by atoms with E-state index in [1.165, 1.54) is 0 Å². The Hall–Kier alpha value is -4.77. The van der Waals surface area contributed by atoms with Gasteiger partial charge in [0.1, 0.15) is 11.6 Å². The number of hydrogen-bond donors (Lipinski definition) is 3. The predicted molar refractivity (Wildman–Crippen MR) is 131 cm³/mol. The van der Waals surface area contributed by atoms with Gasteiger partial charge in [0.05, 0.1) is 28.7 Å². The Kier molecular flexibility index (Phi) is 7.40. The van der Waals surface area contributed by atoms with E-state index in [4.69, 9.17) is 9.90 Å². The third-order valence-corrected chi connectivity index (χ3v) is 5.65. The summed E-state index contributed by atoms with van der Waals surface area (Å²) in [7, 11) is 0. The molecule has 1 fully saturated rings. The van der Waals surface area contributed by atoms with Crippen LogP contribution in [0.25, 0.3) is 16.6 Å². The summed E-state index contributed by atoms with van der Waals surface area (Å²) >= 11 is 0. The van der Waals surface area contributed by atoms with Gasteiger partial charge in [-0.05, 0) is 31.2 Å². The molecule has 3 N–H and O–H groups in total. The summed E-state index contributed by atoms with van der Waals surface area (Å²) in [6, 6.07) is 9.42. The number of rotatable bonds is 3. The average molecular weight is 526 g/mol. The fourth-order valence-corrected chi connectivity index (χ4v) is 4.00. The summed E-state index contributed by atoms with van der Waals surface area (Å²) in [6.07, 6.45) is 0.121. The van der Waals surface area contributed by atoms with Gasteiger partial charge in [0.25, 0.3) is 5.91 Å². The molecule has 4 aromatic rings. The smallest absolute Gasteiger partial charge is 0.475 e. The minimum atomic E-state index is -5.08. The highest BCUT2D eigenvalue weighted by atomic mass is 19.4. The monoisotopic (exact) mass is 526 g/mol. The van der Waals surface area contributed by atoms with Crippen LogP contribution in [0.5, 0.6) is 0 Å². The van der Waals surface area contributed by atoms with Crippen molar-refractivity contribution in [3.63, 3.8) is 0 Å². The molecule has 0 unspecified atom stereocenters. The number of benzene rings is 1. The number of piperazine rings is 1. The molecule has 0 saturated carbocycles. The topological polar surface area (TPSA) is 149 Å². The molecular formula is C24H21F3N8O3. The summed E-state index contributed by atoms with van der Waals surface area (Å²) in [5, 5.41) is 32.0. The van der Waals surface area contributed by atoms with E-state index < -0.39 is 12.1 Å². The van der Waals surface area contributed by atoms with Crippen molar-refractivity contribution < 1.29 is 27.9 Å². The molecule has 3 aromatic heterocycles. The van der Waals surface area contributed by atoms with Crippen LogP contribution < -0.4 is 15.5 Å². The van der Waals surface area contributed by atoms with Crippen LogP contribution in [-0.4, -0.2) is 68.9 Å². The molecule has 1 aliphatic rings. The number of nitrogens with zero attached hydrogens (tertiary/aromatic N) is 6. The molecular weight excluding hydrogens is 505 g/mol. The lowest BCUT2D eigenvalue weighted by Crippen LogP contribution is -2.43. The van der Waals surface area contributed by atoms with Crippen molar-refractivity contribution in [1.29, 1.82) is 5.26 Å². The normalized spacial score (nSPS) is 13.5. The molecule has 1 saturated heterocycles. The lowest BCUT2D eigenvalue weighted by molar-refractivity contribution is -0.192. The Morgan fingerprint density at radius 1 is 1.18 bits per heavy atom. The molecule has 38 heavy (non-hydrogen) atoms. The third-order valence-electron chi connectivity index (χ3n) is 5.65. The zero-order valence-electron chi connectivity index (χ0n) is 20.0. The molecule has 0 spiro atoms. The van der Waals surface area contributed by atoms with Gasteiger partial charge < -0.3 is 25.0 Å². The molecule has 1 amide bonds. The molecule has 0 bridgehead atoms. The Bertz CT molecular complexity index is 1560. The summed E-state index contributed by atoms with van der Waals surface area (Å²) in [4.78, 5) is 28.7. The van der Waals surface area contributed by atoms with Crippen LogP contribution in [0.1, 0.15) is 21.6 Å². The highest BCUT2D eigenvalue weighted by Crippen LogP contribution is 2.29. The Morgan fingerprint density at radius 2 is 1.89 bits per heavy atom. The second-order valence-electron chi connectivity index (χ2n) is 8.29. The van der Waals surface area contributed by atoms with E-state index in [9.17, 15) is 23.2 Å². The van der Waals surface area contributed by atoms with Crippen LogP contribution >= 0.6 is 0 Å². The number of nitriles is 1. The van der Waals surface area contributed by atoms with Crippen molar-refractivity contribution in [2.24, 2.45) is 0 Å². The maximum absolute atomic E-state index is 13.1. The molecule has 11 nitrogen and oxygen atoms in total. The van der Waals surface area contributed by atoms with Crippen molar-refractivity contribution >= 4 is 39.8 Å². The zero-order chi connectivity index (χ0) is 27.4. The van der Waals surface area contributed by atoms with Gasteiger partial charge in [-0.15, -0.1) is 5.10 Å². The van der Waals surface area contributed by atoms with Crippen LogP contribution in [-0.2, 0) is 4.79 Å². The van der Waals surface area contributed by atoms with E-state index in [2.05, 4.69) is 36.8 Å². The number of hydrogen-bond acceptors (Lipinski definition) is 8. The van der Waals surface area contributed by atoms with E-state index in [-0.39, 0.29) is 5.91 Å². The highest BCUT2D eigenvalue weighted by Gasteiger charge is 2.38. The van der Waals surface area contributed by atoms with Gasteiger partial charge in [-0.2, -0.15) is 23.5 Å². The lowest BCUT2D eigenvalue weighted by atomic mass is 10.1. The van der Waals surface area contributed by atoms with Crippen molar-refractivity contribution in [3.05, 3.63) is 59.7 Å². The first-order valence-corrected chi connectivity index (χ1v) is 11.3. The molecule has 1 aliphatic heterocycles. The molecule has 0 aliphatic carbocycles. The number of aliphatic carboxylic acids is 1. The van der Waals surface area contributed by atoms with E-state index in [1.807, 2.05) is 25.3 Å². The molecule has 5 rings (SSSR count).